The number of aromatic nitrogens is 2. The zero-order valence-electron chi connectivity index (χ0n) is 18.6. The summed E-state index contributed by atoms with van der Waals surface area (Å²) in [5.41, 5.74) is 3.79. The monoisotopic (exact) mass is 439 g/mol. The molecule has 0 radical (unpaired) electrons. The van der Waals surface area contributed by atoms with Gasteiger partial charge in [-0.05, 0) is 55.1 Å². The van der Waals surface area contributed by atoms with Gasteiger partial charge in [0.15, 0.2) is 0 Å². The number of carbonyl (C=O) groups excluding carboxylic acids is 2. The summed E-state index contributed by atoms with van der Waals surface area (Å²) in [5, 5.41) is 10.8. The van der Waals surface area contributed by atoms with Gasteiger partial charge in [0, 0.05) is 36.2 Å². The molecule has 0 fully saturated rings. The van der Waals surface area contributed by atoms with Crippen molar-refractivity contribution in [3.05, 3.63) is 75.2 Å². The van der Waals surface area contributed by atoms with Gasteiger partial charge < -0.3 is 5.11 Å². The number of nitrogens with zero attached hydrogens (tertiary/aromatic N) is 3. The van der Waals surface area contributed by atoms with Gasteiger partial charge in [0.05, 0.1) is 16.7 Å². The van der Waals surface area contributed by atoms with Crippen LogP contribution in [0.25, 0.3) is 21.8 Å². The molecule has 4 aromatic rings. The molecule has 3 aromatic carbocycles. The highest BCUT2D eigenvalue weighted by molar-refractivity contribution is 6.36. The second-order valence-corrected chi connectivity index (χ2v) is 8.31. The van der Waals surface area contributed by atoms with Crippen LogP contribution >= 0.6 is 0 Å². The van der Waals surface area contributed by atoms with E-state index >= 15 is 0 Å². The first-order valence-electron chi connectivity index (χ1n) is 10.5. The first kappa shape index (κ1) is 20.7. The topological polar surface area (TPSA) is 84.5 Å². The number of hydrogen-bond donors (Lipinski definition) is 1. The van der Waals surface area contributed by atoms with Crippen molar-refractivity contribution in [1.29, 1.82) is 0 Å². The van der Waals surface area contributed by atoms with Crippen LogP contribution in [0.5, 0.6) is 0 Å². The van der Waals surface area contributed by atoms with Gasteiger partial charge in [-0.1, -0.05) is 24.0 Å². The number of imide groups is 1. The minimum absolute atomic E-state index is 0.182. The fourth-order valence-electron chi connectivity index (χ4n) is 4.49. The van der Waals surface area contributed by atoms with Crippen molar-refractivity contribution >= 4 is 39.3 Å². The highest BCUT2D eigenvalue weighted by Gasteiger charge is 2.35. The summed E-state index contributed by atoms with van der Waals surface area (Å²) < 4.78 is 3.04. The molecule has 0 unspecified atom stereocenters. The van der Waals surface area contributed by atoms with Crippen molar-refractivity contribution in [2.24, 2.45) is 14.1 Å². The second kappa shape index (κ2) is 7.19. The average Bonchev–Trinajstić information content (AvgIpc) is 2.99. The van der Waals surface area contributed by atoms with Crippen molar-refractivity contribution in [1.82, 2.24) is 9.13 Å². The molecule has 0 spiro atoms. The number of carbonyl (C=O) groups is 2. The molecule has 0 aliphatic carbocycles. The van der Waals surface area contributed by atoms with Gasteiger partial charge in [0.1, 0.15) is 6.10 Å². The predicted molar refractivity (Wildman–Crippen MR) is 127 cm³/mol. The number of benzene rings is 3. The molecular weight excluding hydrogens is 418 g/mol. The Morgan fingerprint density at radius 2 is 1.55 bits per heavy atom. The van der Waals surface area contributed by atoms with Crippen molar-refractivity contribution < 1.29 is 14.7 Å². The van der Waals surface area contributed by atoms with Crippen LogP contribution in [-0.2, 0) is 14.1 Å². The summed E-state index contributed by atoms with van der Waals surface area (Å²) in [5.74, 6) is 4.79. The van der Waals surface area contributed by atoms with Crippen molar-refractivity contribution in [3.8, 4) is 11.8 Å². The Labute approximate surface area is 189 Å². The third kappa shape index (κ3) is 2.92. The fourth-order valence-corrected chi connectivity index (χ4v) is 4.49. The van der Waals surface area contributed by atoms with E-state index in [0.717, 1.165) is 5.52 Å². The highest BCUT2D eigenvalue weighted by Crippen LogP contribution is 2.36. The van der Waals surface area contributed by atoms with Gasteiger partial charge in [-0.2, -0.15) is 0 Å². The van der Waals surface area contributed by atoms with Gasteiger partial charge in [-0.25, -0.2) is 9.69 Å². The van der Waals surface area contributed by atoms with Crippen LogP contribution in [0.15, 0.2) is 47.3 Å². The molecule has 1 aliphatic heterocycles. The lowest BCUT2D eigenvalue weighted by Gasteiger charge is -2.28. The number of hydrogen-bond acceptors (Lipinski definition) is 4. The molecule has 7 nitrogen and oxygen atoms in total. The number of aliphatic hydroxyl groups is 1. The van der Waals surface area contributed by atoms with E-state index in [2.05, 4.69) is 11.8 Å². The molecule has 1 N–H and O–H groups in total. The molecule has 5 rings (SSSR count). The Morgan fingerprint density at radius 1 is 0.909 bits per heavy atom. The van der Waals surface area contributed by atoms with Gasteiger partial charge in [0.25, 0.3) is 11.8 Å². The van der Waals surface area contributed by atoms with E-state index in [1.165, 1.54) is 14.0 Å². The molecule has 1 atom stereocenters. The maximum absolute atomic E-state index is 13.6. The van der Waals surface area contributed by atoms with Crippen LogP contribution in [0.2, 0.25) is 0 Å². The molecule has 1 aromatic heterocycles. The van der Waals surface area contributed by atoms with Crippen LogP contribution in [-0.4, -0.2) is 32.2 Å². The lowest BCUT2D eigenvalue weighted by Crippen LogP contribution is -2.41. The third-order valence-electron chi connectivity index (χ3n) is 6.15. The van der Waals surface area contributed by atoms with Crippen LogP contribution < -0.4 is 10.6 Å². The number of anilines is 1. The summed E-state index contributed by atoms with van der Waals surface area (Å²) in [7, 11) is 3.35. The molecule has 2 amide bonds. The molecule has 164 valence electrons. The zero-order chi connectivity index (χ0) is 23.6. The van der Waals surface area contributed by atoms with E-state index in [1.54, 1.807) is 51.4 Å². The lowest BCUT2D eigenvalue weighted by atomic mass is 9.90. The highest BCUT2D eigenvalue weighted by atomic mass is 16.3. The number of fused-ring (bicyclic) bond motifs is 1. The average molecular weight is 439 g/mol. The quantitative estimate of drug-likeness (QED) is 0.365. The van der Waals surface area contributed by atoms with E-state index < -0.39 is 17.9 Å². The summed E-state index contributed by atoms with van der Waals surface area (Å²) >= 11 is 0. The van der Waals surface area contributed by atoms with Gasteiger partial charge >= 0.3 is 5.69 Å². The molecular formula is C26H21N3O4. The molecule has 0 bridgehead atoms. The minimum atomic E-state index is -0.790. The maximum Gasteiger partial charge on any atom is 0.328 e. The van der Waals surface area contributed by atoms with Crippen LogP contribution in [0.1, 0.15) is 38.8 Å². The second-order valence-electron chi connectivity index (χ2n) is 8.31. The number of aliphatic hydroxyl groups excluding tert-OH is 1. The Hall–Kier alpha value is -4.15. The Balaban J connectivity index is 1.74. The van der Waals surface area contributed by atoms with Crippen molar-refractivity contribution in [2.45, 2.75) is 20.0 Å². The SMILES string of the molecule is Cc1cc2c(cc1N1C(=O)c3cccc4c(C#C[C@@H](C)O)ccc(c34)C1=O)n(C)c(=O)n2C. The molecule has 7 heteroatoms. The molecule has 33 heavy (non-hydrogen) atoms. The normalized spacial score (nSPS) is 14.0. The molecule has 2 heterocycles. The van der Waals surface area contributed by atoms with Crippen LogP contribution in [0, 0.1) is 18.8 Å². The Morgan fingerprint density at radius 3 is 2.21 bits per heavy atom. The van der Waals surface area contributed by atoms with E-state index in [9.17, 15) is 19.5 Å². The first-order valence-corrected chi connectivity index (χ1v) is 10.5. The first-order chi connectivity index (χ1) is 15.7. The largest absolute Gasteiger partial charge is 0.381 e. The summed E-state index contributed by atoms with van der Waals surface area (Å²) in [6.07, 6.45) is -0.790. The predicted octanol–water partition coefficient (Wildman–Crippen LogP) is 2.87. The van der Waals surface area contributed by atoms with Gasteiger partial charge in [-0.15, -0.1) is 0 Å². The van der Waals surface area contributed by atoms with Crippen LogP contribution in [0.4, 0.5) is 5.69 Å². The van der Waals surface area contributed by atoms with E-state index in [4.69, 9.17) is 0 Å². The van der Waals surface area contributed by atoms with Crippen molar-refractivity contribution in [3.63, 3.8) is 0 Å². The molecule has 1 aliphatic rings. The summed E-state index contributed by atoms with van der Waals surface area (Å²) in [4.78, 5) is 40.8. The fraction of sp³-hybridized carbons (Fsp3) is 0.192. The summed E-state index contributed by atoms with van der Waals surface area (Å²) in [6, 6.07) is 12.2. The number of aryl methyl sites for hydroxylation is 3. The van der Waals surface area contributed by atoms with E-state index in [1.807, 2.05) is 19.1 Å². The van der Waals surface area contributed by atoms with E-state index in [0.29, 0.717) is 44.2 Å². The standard InChI is InChI=1S/C26H21N3O4/c1-14-12-21-22(28(4)26(33)27(21)3)13-20(14)29-24(31)18-7-5-6-17-16(9-8-15(2)30)10-11-19(23(17)18)25(29)32/h5-7,10-13,15,30H,1-4H3/t15-/m1/s1. The van der Waals surface area contributed by atoms with E-state index in [-0.39, 0.29) is 5.69 Å². The Bertz CT molecular complexity index is 1620. The molecule has 0 saturated heterocycles. The molecule has 0 saturated carbocycles. The third-order valence-corrected chi connectivity index (χ3v) is 6.15. The number of imidazole rings is 1. The van der Waals surface area contributed by atoms with Gasteiger partial charge in [-0.3, -0.25) is 18.7 Å². The lowest BCUT2D eigenvalue weighted by molar-refractivity contribution is 0.0893. The number of rotatable bonds is 1. The van der Waals surface area contributed by atoms with Crippen molar-refractivity contribution in [2.75, 3.05) is 4.90 Å². The smallest absolute Gasteiger partial charge is 0.328 e. The van der Waals surface area contributed by atoms with Gasteiger partial charge in [0.2, 0.25) is 0 Å². The van der Waals surface area contributed by atoms with Crippen LogP contribution in [0.3, 0.4) is 0 Å². The Kier molecular flexibility index (Phi) is 4.52. The number of amides is 2. The minimum Gasteiger partial charge on any atom is -0.381 e. The zero-order valence-corrected chi connectivity index (χ0v) is 18.6. The summed E-state index contributed by atoms with van der Waals surface area (Å²) in [6.45, 7) is 3.39. The maximum atomic E-state index is 13.6.